The van der Waals surface area contributed by atoms with Gasteiger partial charge in [0.25, 0.3) is 0 Å². The molecule has 0 saturated heterocycles. The topological polar surface area (TPSA) is 58.9 Å². The van der Waals surface area contributed by atoms with Gasteiger partial charge in [-0.25, -0.2) is 0 Å². The number of aliphatic hydroxyl groups excluding tert-OH is 2. The van der Waals surface area contributed by atoms with Crippen molar-refractivity contribution in [3.05, 3.63) is 141 Å². The Hall–Kier alpha value is -4.20. The molecule has 7 rings (SSSR count). The maximum Gasteiger partial charge on any atom is 0.122 e. The normalized spacial score (nSPS) is 13.0. The van der Waals surface area contributed by atoms with Crippen molar-refractivity contribution in [3.8, 4) is 43.5 Å². The Bertz CT molecular complexity index is 1810. The third-order valence-electron chi connectivity index (χ3n) is 8.66. The second-order valence-electron chi connectivity index (χ2n) is 11.3. The average molecular weight is 631 g/mol. The minimum absolute atomic E-state index is 0.0375. The molecular weight excluding hydrogens is 597 g/mol. The van der Waals surface area contributed by atoms with Crippen LogP contribution in [0.5, 0.6) is 11.5 Å². The van der Waals surface area contributed by atoms with Crippen molar-refractivity contribution in [2.45, 2.75) is 19.3 Å². The van der Waals surface area contributed by atoms with Crippen molar-refractivity contribution in [2.75, 3.05) is 26.4 Å². The molecule has 0 aliphatic heterocycles. The Morgan fingerprint density at radius 1 is 0.556 bits per heavy atom. The fraction of sp³-hybridized carbons (Fsp3) is 0.179. The van der Waals surface area contributed by atoms with Crippen molar-refractivity contribution in [1.29, 1.82) is 0 Å². The Morgan fingerprint density at radius 3 is 1.38 bits per heavy atom. The number of hydrogen-bond acceptors (Lipinski definition) is 6. The highest BCUT2D eigenvalue weighted by molar-refractivity contribution is 7.13. The zero-order chi connectivity index (χ0) is 31.0. The second-order valence-corrected chi connectivity index (χ2v) is 13.2. The van der Waals surface area contributed by atoms with Gasteiger partial charge in [0, 0.05) is 9.75 Å². The predicted octanol–water partition coefficient (Wildman–Crippen LogP) is 8.87. The van der Waals surface area contributed by atoms with E-state index in [4.69, 9.17) is 9.47 Å². The first kappa shape index (κ1) is 29.5. The zero-order valence-corrected chi connectivity index (χ0v) is 26.9. The molecule has 45 heavy (non-hydrogen) atoms. The van der Waals surface area contributed by atoms with Crippen LogP contribution in [0.2, 0.25) is 0 Å². The Labute approximate surface area is 271 Å². The van der Waals surface area contributed by atoms with Crippen molar-refractivity contribution in [3.63, 3.8) is 0 Å². The van der Waals surface area contributed by atoms with Crippen molar-refractivity contribution < 1.29 is 19.7 Å². The van der Waals surface area contributed by atoms with Gasteiger partial charge in [-0.1, -0.05) is 72.8 Å². The van der Waals surface area contributed by atoms with Gasteiger partial charge in [0.05, 0.1) is 18.6 Å². The van der Waals surface area contributed by atoms with Crippen LogP contribution in [0.1, 0.15) is 33.4 Å². The molecular formula is C39H34O4S2. The van der Waals surface area contributed by atoms with E-state index >= 15 is 0 Å². The minimum Gasteiger partial charge on any atom is -0.491 e. The Balaban J connectivity index is 1.63. The molecule has 0 bridgehead atoms. The van der Waals surface area contributed by atoms with Gasteiger partial charge in [0.2, 0.25) is 0 Å². The summed E-state index contributed by atoms with van der Waals surface area (Å²) in [5.41, 5.74) is 11.1. The van der Waals surface area contributed by atoms with Crippen LogP contribution >= 0.6 is 22.7 Å². The lowest BCUT2D eigenvalue weighted by atomic mass is 9.65. The summed E-state index contributed by atoms with van der Waals surface area (Å²) in [6, 6.07) is 35.1. The molecule has 6 aromatic rings. The molecule has 0 spiro atoms. The molecule has 226 valence electrons. The van der Waals surface area contributed by atoms with Gasteiger partial charge in [0.15, 0.2) is 0 Å². The van der Waals surface area contributed by atoms with E-state index in [1.807, 2.05) is 12.1 Å². The zero-order valence-electron chi connectivity index (χ0n) is 25.2. The van der Waals surface area contributed by atoms with Crippen LogP contribution in [0.15, 0.2) is 108 Å². The summed E-state index contributed by atoms with van der Waals surface area (Å²) in [4.78, 5) is 2.45. The largest absolute Gasteiger partial charge is 0.491 e. The third-order valence-corrected chi connectivity index (χ3v) is 10.5. The SMILES string of the molecule is Cc1cc(C2(c3ccc(OCCO)c(C)c3)c3c(-c4cccs4)cccc3-c3cccc(-c4cccs4)c32)ccc1OCCO. The van der Waals surface area contributed by atoms with Crippen molar-refractivity contribution in [1.82, 2.24) is 0 Å². The smallest absolute Gasteiger partial charge is 0.122 e. The highest BCUT2D eigenvalue weighted by atomic mass is 32.1. The fourth-order valence-corrected chi connectivity index (χ4v) is 8.42. The van der Waals surface area contributed by atoms with E-state index in [9.17, 15) is 10.2 Å². The fourth-order valence-electron chi connectivity index (χ4n) is 6.91. The summed E-state index contributed by atoms with van der Waals surface area (Å²) in [7, 11) is 0. The van der Waals surface area contributed by atoms with E-state index in [0.29, 0.717) is 0 Å². The van der Waals surface area contributed by atoms with E-state index in [-0.39, 0.29) is 26.4 Å². The van der Waals surface area contributed by atoms with E-state index in [1.165, 1.54) is 43.1 Å². The van der Waals surface area contributed by atoms with Crippen LogP contribution in [-0.2, 0) is 5.41 Å². The quantitative estimate of drug-likeness (QED) is 0.159. The lowest BCUT2D eigenvalue weighted by molar-refractivity contribution is 0.200. The number of ether oxygens (including phenoxy) is 2. The first-order valence-electron chi connectivity index (χ1n) is 15.1. The molecule has 0 radical (unpaired) electrons. The van der Waals surface area contributed by atoms with Gasteiger partial charge in [-0.15, -0.1) is 22.7 Å². The first-order chi connectivity index (χ1) is 22.1. The van der Waals surface area contributed by atoms with E-state index in [2.05, 4.69) is 110 Å². The summed E-state index contributed by atoms with van der Waals surface area (Å²) in [6.45, 7) is 4.57. The third kappa shape index (κ3) is 4.89. The van der Waals surface area contributed by atoms with E-state index in [1.54, 1.807) is 22.7 Å². The maximum atomic E-state index is 9.45. The molecule has 1 aliphatic rings. The minimum atomic E-state index is -0.674. The number of rotatable bonds is 10. The lowest BCUT2D eigenvalue weighted by Gasteiger charge is -2.37. The van der Waals surface area contributed by atoms with Gasteiger partial charge in [0.1, 0.15) is 24.7 Å². The molecule has 0 atom stereocenters. The highest BCUT2D eigenvalue weighted by Crippen LogP contribution is 2.61. The van der Waals surface area contributed by atoms with Crippen molar-refractivity contribution >= 4 is 22.7 Å². The summed E-state index contributed by atoms with van der Waals surface area (Å²) in [5, 5.41) is 23.2. The van der Waals surface area contributed by atoms with Crippen molar-refractivity contribution in [2.24, 2.45) is 0 Å². The number of aryl methyl sites for hydroxylation is 2. The second kappa shape index (κ2) is 12.3. The Morgan fingerprint density at radius 2 is 1.00 bits per heavy atom. The van der Waals surface area contributed by atoms with Crippen LogP contribution in [-0.4, -0.2) is 36.6 Å². The number of fused-ring (bicyclic) bond motifs is 3. The summed E-state index contributed by atoms with van der Waals surface area (Å²) < 4.78 is 11.9. The number of aliphatic hydroxyl groups is 2. The molecule has 0 saturated carbocycles. The molecule has 2 heterocycles. The Kier molecular flexibility index (Phi) is 8.06. The van der Waals surface area contributed by atoms with E-state index < -0.39 is 5.41 Å². The van der Waals surface area contributed by atoms with E-state index in [0.717, 1.165) is 33.8 Å². The van der Waals surface area contributed by atoms with Crippen LogP contribution in [0.25, 0.3) is 32.0 Å². The summed E-state index contributed by atoms with van der Waals surface area (Å²) >= 11 is 3.52. The monoisotopic (exact) mass is 630 g/mol. The van der Waals surface area contributed by atoms with Gasteiger partial charge in [-0.05, 0) is 105 Å². The molecule has 0 fully saturated rings. The molecule has 6 heteroatoms. The van der Waals surface area contributed by atoms with Crippen LogP contribution in [0, 0.1) is 13.8 Å². The lowest BCUT2D eigenvalue weighted by Crippen LogP contribution is -2.30. The molecule has 0 unspecified atom stereocenters. The number of hydrogen-bond donors (Lipinski definition) is 2. The number of thiophene rings is 2. The molecule has 4 nitrogen and oxygen atoms in total. The van der Waals surface area contributed by atoms with Gasteiger partial charge in [-0.3, -0.25) is 0 Å². The standard InChI is InChI=1S/C39H34O4S2/c1-25-23-27(13-15-33(25)42-19-17-40)39(28-14-16-34(26(2)24-28)43-20-18-41)37-29(7-3-9-31(37)35-11-5-21-44-35)30-8-4-10-32(38(30)39)36-12-6-22-45-36/h3-16,21-24,40-41H,17-20H2,1-2H3. The van der Waals surface area contributed by atoms with Gasteiger partial charge in [-0.2, -0.15) is 0 Å². The summed E-state index contributed by atoms with van der Waals surface area (Å²) in [5.74, 6) is 1.53. The van der Waals surface area contributed by atoms with Crippen LogP contribution in [0.3, 0.4) is 0 Å². The number of benzene rings is 4. The van der Waals surface area contributed by atoms with Gasteiger partial charge < -0.3 is 19.7 Å². The maximum absolute atomic E-state index is 9.45. The predicted molar refractivity (Wildman–Crippen MR) is 185 cm³/mol. The highest BCUT2D eigenvalue weighted by Gasteiger charge is 2.49. The molecule has 4 aromatic carbocycles. The van der Waals surface area contributed by atoms with Gasteiger partial charge >= 0.3 is 0 Å². The molecule has 0 amide bonds. The molecule has 1 aliphatic carbocycles. The molecule has 2 aromatic heterocycles. The average Bonchev–Trinajstić information content (AvgIpc) is 3.84. The first-order valence-corrected chi connectivity index (χ1v) is 16.9. The summed E-state index contributed by atoms with van der Waals surface area (Å²) in [6.07, 6.45) is 0. The van der Waals surface area contributed by atoms with Crippen LogP contribution in [0.4, 0.5) is 0 Å². The van der Waals surface area contributed by atoms with Crippen LogP contribution < -0.4 is 9.47 Å². The molecule has 2 N–H and O–H groups in total.